The molecular weight excluding hydrogens is 428 g/mol. The van der Waals surface area contributed by atoms with Crippen LogP contribution in [0.15, 0.2) is 84.9 Å². The van der Waals surface area contributed by atoms with E-state index in [1.165, 1.54) is 9.36 Å². The third kappa shape index (κ3) is 3.57. The Balaban J connectivity index is 1.75. The van der Waals surface area contributed by atoms with Crippen molar-refractivity contribution in [3.8, 4) is 28.9 Å². The van der Waals surface area contributed by atoms with Gasteiger partial charge in [0.25, 0.3) is 0 Å². The number of aryl methyl sites for hydroxylation is 2. The van der Waals surface area contributed by atoms with Crippen LogP contribution in [0, 0.1) is 13.8 Å². The van der Waals surface area contributed by atoms with Crippen LogP contribution in [0.4, 0.5) is 0 Å². The summed E-state index contributed by atoms with van der Waals surface area (Å²) in [6, 6.07) is 24.9. The van der Waals surface area contributed by atoms with Gasteiger partial charge in [-0.15, -0.1) is 0 Å². The number of phenols is 1. The van der Waals surface area contributed by atoms with Crippen LogP contribution < -0.4 is 10.2 Å². The van der Waals surface area contributed by atoms with E-state index in [0.717, 1.165) is 0 Å². The standard InChI is InChI=1S/C27H24N4O3/c1-17-23(26(33)30(28-17)20-9-5-3-6-10-20)25(19-13-15-22(32)16-14-19)24-18(2)29-31(27(24)34)21-11-7-4-8-12-21/h3-16,25,32-34H,1-2H3/p-2. The molecule has 0 saturated heterocycles. The highest BCUT2D eigenvalue weighted by Gasteiger charge is 2.27. The first kappa shape index (κ1) is 21.3. The molecule has 0 unspecified atom stereocenters. The van der Waals surface area contributed by atoms with Gasteiger partial charge in [0, 0.05) is 5.92 Å². The van der Waals surface area contributed by atoms with E-state index in [-0.39, 0.29) is 17.5 Å². The van der Waals surface area contributed by atoms with Crippen molar-refractivity contribution in [3.63, 3.8) is 0 Å². The highest BCUT2D eigenvalue weighted by Crippen LogP contribution is 2.43. The van der Waals surface area contributed by atoms with Crippen molar-refractivity contribution < 1.29 is 15.3 Å². The van der Waals surface area contributed by atoms with Crippen LogP contribution in [-0.2, 0) is 0 Å². The minimum Gasteiger partial charge on any atom is -0.858 e. The van der Waals surface area contributed by atoms with E-state index in [4.69, 9.17) is 0 Å². The molecule has 0 atom stereocenters. The van der Waals surface area contributed by atoms with Crippen LogP contribution in [0.25, 0.3) is 11.4 Å². The van der Waals surface area contributed by atoms with Gasteiger partial charge in [-0.25, -0.2) is 9.36 Å². The van der Waals surface area contributed by atoms with E-state index >= 15 is 0 Å². The average Bonchev–Trinajstić information content (AvgIpc) is 3.32. The fourth-order valence-electron chi connectivity index (χ4n) is 4.33. The topological polar surface area (TPSA) is 102 Å². The Morgan fingerprint density at radius 1 is 0.647 bits per heavy atom. The molecule has 5 aromatic rings. The maximum Gasteiger partial charge on any atom is 0.115 e. The third-order valence-electron chi connectivity index (χ3n) is 5.93. The van der Waals surface area contributed by atoms with Crippen LogP contribution >= 0.6 is 0 Å². The molecule has 7 nitrogen and oxygen atoms in total. The minimum atomic E-state index is -0.699. The molecule has 0 radical (unpaired) electrons. The van der Waals surface area contributed by atoms with Crippen molar-refractivity contribution in [1.29, 1.82) is 0 Å². The highest BCUT2D eigenvalue weighted by atomic mass is 16.3. The largest absolute Gasteiger partial charge is 0.858 e. The molecule has 2 heterocycles. The van der Waals surface area contributed by atoms with Gasteiger partial charge in [-0.1, -0.05) is 48.5 Å². The van der Waals surface area contributed by atoms with Crippen molar-refractivity contribution in [2.24, 2.45) is 0 Å². The quantitative estimate of drug-likeness (QED) is 0.440. The van der Waals surface area contributed by atoms with Gasteiger partial charge in [0.05, 0.1) is 22.8 Å². The second-order valence-corrected chi connectivity index (χ2v) is 8.13. The zero-order valence-corrected chi connectivity index (χ0v) is 18.7. The number of benzene rings is 3. The van der Waals surface area contributed by atoms with Crippen molar-refractivity contribution in [3.05, 3.63) is 113 Å². The zero-order chi connectivity index (χ0) is 23.8. The van der Waals surface area contributed by atoms with Gasteiger partial charge in [0.2, 0.25) is 0 Å². The van der Waals surface area contributed by atoms with E-state index in [2.05, 4.69) is 10.2 Å². The molecule has 0 aliphatic heterocycles. The minimum absolute atomic E-state index is 0.0978. The van der Waals surface area contributed by atoms with Crippen molar-refractivity contribution in [2.45, 2.75) is 19.8 Å². The maximum absolute atomic E-state index is 13.7. The van der Waals surface area contributed by atoms with Crippen LogP contribution in [0.3, 0.4) is 0 Å². The van der Waals surface area contributed by atoms with Gasteiger partial charge >= 0.3 is 0 Å². The number of aromatic nitrogens is 4. The summed E-state index contributed by atoms with van der Waals surface area (Å²) in [4.78, 5) is 0. The van der Waals surface area contributed by atoms with Crippen LogP contribution in [0.1, 0.15) is 34.0 Å². The van der Waals surface area contributed by atoms with Gasteiger partial charge in [-0.3, -0.25) is 0 Å². The van der Waals surface area contributed by atoms with E-state index in [1.54, 1.807) is 38.1 Å². The number of hydrogen-bond acceptors (Lipinski definition) is 5. The van der Waals surface area contributed by atoms with Gasteiger partial charge in [-0.2, -0.15) is 10.2 Å². The van der Waals surface area contributed by atoms with Gasteiger partial charge in [-0.05, 0) is 78.7 Å². The third-order valence-corrected chi connectivity index (χ3v) is 5.93. The van der Waals surface area contributed by atoms with E-state index in [0.29, 0.717) is 39.5 Å². The Morgan fingerprint density at radius 3 is 1.47 bits per heavy atom. The lowest BCUT2D eigenvalue weighted by Gasteiger charge is -2.25. The van der Waals surface area contributed by atoms with Crippen LogP contribution in [0.5, 0.6) is 17.5 Å². The first-order chi connectivity index (χ1) is 16.5. The molecule has 5 rings (SSSR count). The molecule has 7 heteroatoms. The van der Waals surface area contributed by atoms with E-state index in [9.17, 15) is 15.3 Å². The number of rotatable bonds is 5. The Kier molecular flexibility index (Phi) is 5.30. The van der Waals surface area contributed by atoms with Gasteiger partial charge in [0.1, 0.15) is 5.75 Å². The Morgan fingerprint density at radius 2 is 1.06 bits per heavy atom. The molecule has 0 aliphatic carbocycles. The Labute approximate surface area is 196 Å². The predicted octanol–water partition coefficient (Wildman–Crippen LogP) is 3.71. The summed E-state index contributed by atoms with van der Waals surface area (Å²) in [6.45, 7) is 3.54. The van der Waals surface area contributed by atoms with E-state index < -0.39 is 5.92 Å². The first-order valence-corrected chi connectivity index (χ1v) is 10.9. The summed E-state index contributed by atoms with van der Waals surface area (Å²) in [5, 5.41) is 46.2. The SMILES string of the molecule is Cc1nn(-c2ccccc2)c([O-])c1C(c1ccc(O)cc1)c1c(C)nn(-c2ccccc2)c1[O-]. The molecule has 0 aliphatic rings. The smallest absolute Gasteiger partial charge is 0.115 e. The lowest BCUT2D eigenvalue weighted by Crippen LogP contribution is -2.12. The maximum atomic E-state index is 13.7. The molecule has 34 heavy (non-hydrogen) atoms. The first-order valence-electron chi connectivity index (χ1n) is 10.9. The molecule has 170 valence electrons. The molecule has 3 aromatic carbocycles. The summed E-state index contributed by atoms with van der Waals surface area (Å²) in [5.41, 5.74) is 3.84. The second kappa shape index (κ2) is 8.44. The fraction of sp³-hybridized carbons (Fsp3) is 0.111. The fourth-order valence-corrected chi connectivity index (χ4v) is 4.33. The monoisotopic (exact) mass is 450 g/mol. The van der Waals surface area contributed by atoms with Gasteiger partial charge in [0.15, 0.2) is 0 Å². The molecule has 0 saturated carbocycles. The zero-order valence-electron chi connectivity index (χ0n) is 18.7. The number of para-hydroxylation sites is 2. The summed E-state index contributed by atoms with van der Waals surface area (Å²) in [6.07, 6.45) is 0. The Hall–Kier alpha value is -4.52. The lowest BCUT2D eigenvalue weighted by atomic mass is 9.85. The summed E-state index contributed by atoms with van der Waals surface area (Å²) >= 11 is 0. The van der Waals surface area contributed by atoms with Crippen molar-refractivity contribution in [2.75, 3.05) is 0 Å². The molecule has 2 aromatic heterocycles. The predicted molar refractivity (Wildman–Crippen MR) is 125 cm³/mol. The van der Waals surface area contributed by atoms with E-state index in [1.807, 2.05) is 60.7 Å². The number of aromatic hydroxyl groups is 1. The number of hydrogen-bond donors (Lipinski definition) is 1. The molecule has 1 N–H and O–H groups in total. The molecule has 0 amide bonds. The second-order valence-electron chi connectivity index (χ2n) is 8.13. The Bertz CT molecular complexity index is 1350. The summed E-state index contributed by atoms with van der Waals surface area (Å²) in [5.74, 6) is -1.20. The number of nitrogens with zero attached hydrogens (tertiary/aromatic N) is 4. The normalized spacial score (nSPS) is 11.3. The molecular formula is C27H22N4O3-2. The summed E-state index contributed by atoms with van der Waals surface area (Å²) < 4.78 is 2.72. The van der Waals surface area contributed by atoms with Crippen LogP contribution in [0.2, 0.25) is 0 Å². The molecule has 0 fully saturated rings. The van der Waals surface area contributed by atoms with Crippen molar-refractivity contribution >= 4 is 0 Å². The van der Waals surface area contributed by atoms with Crippen molar-refractivity contribution in [1.82, 2.24) is 19.6 Å². The van der Waals surface area contributed by atoms with Crippen LogP contribution in [-0.4, -0.2) is 24.7 Å². The average molecular weight is 450 g/mol. The lowest BCUT2D eigenvalue weighted by molar-refractivity contribution is -0.280. The molecule has 0 spiro atoms. The number of phenolic OH excluding ortho intramolecular Hbond substituents is 1. The summed E-state index contributed by atoms with van der Waals surface area (Å²) in [7, 11) is 0. The van der Waals surface area contributed by atoms with Gasteiger partial charge < -0.3 is 15.3 Å². The highest BCUT2D eigenvalue weighted by molar-refractivity contribution is 5.55. The molecule has 0 bridgehead atoms.